The summed E-state index contributed by atoms with van der Waals surface area (Å²) < 4.78 is 39.6. The Kier molecular flexibility index (Phi) is 12.3. The fraction of sp³-hybridized carbons (Fsp3) is 0.367. The van der Waals surface area contributed by atoms with E-state index in [2.05, 4.69) is 31.1 Å². The Balaban J connectivity index is 0.00000144. The van der Waals surface area contributed by atoms with Crippen molar-refractivity contribution in [3.05, 3.63) is 71.9 Å². The SMILES string of the molecule is CC(C)C.CN(CC(=O)N1CC(C(=O)Nc2ccccc2)CC1C#N)C(=O)/C(C=Nc1ccccc1C(F)(F)F)=C/N. The zero-order chi connectivity index (χ0) is 31.4. The highest BCUT2D eigenvalue weighted by Crippen LogP contribution is 2.36. The second-order valence-electron chi connectivity index (χ2n) is 10.3. The summed E-state index contributed by atoms with van der Waals surface area (Å²) in [5, 5.41) is 12.3. The Morgan fingerprint density at radius 1 is 1.14 bits per heavy atom. The lowest BCUT2D eigenvalue weighted by Crippen LogP contribution is -2.43. The van der Waals surface area contributed by atoms with Crippen molar-refractivity contribution in [3.63, 3.8) is 0 Å². The van der Waals surface area contributed by atoms with Crippen molar-refractivity contribution in [3.8, 4) is 6.07 Å². The van der Waals surface area contributed by atoms with Gasteiger partial charge in [-0.25, -0.2) is 0 Å². The van der Waals surface area contributed by atoms with Crippen molar-refractivity contribution < 1.29 is 27.6 Å². The molecule has 3 N–H and O–H groups in total. The van der Waals surface area contributed by atoms with Gasteiger partial charge in [-0.2, -0.15) is 18.4 Å². The van der Waals surface area contributed by atoms with E-state index in [0.717, 1.165) is 35.4 Å². The molecule has 0 radical (unpaired) electrons. The van der Waals surface area contributed by atoms with E-state index < -0.39 is 47.7 Å². The van der Waals surface area contributed by atoms with Gasteiger partial charge in [-0.3, -0.25) is 19.4 Å². The number of carbonyl (C=O) groups excluding carboxylic acids is 3. The summed E-state index contributed by atoms with van der Waals surface area (Å²) in [6, 6.07) is 14.5. The van der Waals surface area contributed by atoms with Crippen LogP contribution in [0.3, 0.4) is 0 Å². The third-order valence-electron chi connectivity index (χ3n) is 5.88. The van der Waals surface area contributed by atoms with Crippen molar-refractivity contribution in [1.82, 2.24) is 9.80 Å². The molecule has 1 aliphatic heterocycles. The van der Waals surface area contributed by atoms with Crippen molar-refractivity contribution in [1.29, 1.82) is 5.26 Å². The number of hydrogen-bond acceptors (Lipinski definition) is 6. The van der Waals surface area contributed by atoms with Crippen LogP contribution in [0.25, 0.3) is 0 Å². The number of para-hydroxylation sites is 2. The Bertz CT molecular complexity index is 1330. The molecule has 9 nitrogen and oxygen atoms in total. The maximum Gasteiger partial charge on any atom is 0.418 e. The molecule has 0 saturated carbocycles. The number of carbonyl (C=O) groups is 3. The van der Waals surface area contributed by atoms with E-state index in [1.165, 1.54) is 24.1 Å². The lowest BCUT2D eigenvalue weighted by molar-refractivity contribution is -0.137. The number of likely N-dealkylation sites (N-methyl/N-ethyl adjacent to an activating group) is 1. The van der Waals surface area contributed by atoms with Gasteiger partial charge in [-0.1, -0.05) is 51.1 Å². The number of nitrogens with zero attached hydrogens (tertiary/aromatic N) is 4. The molecule has 0 aromatic heterocycles. The number of halogens is 3. The molecule has 2 aromatic carbocycles. The molecule has 42 heavy (non-hydrogen) atoms. The van der Waals surface area contributed by atoms with Crippen LogP contribution in [0.2, 0.25) is 0 Å². The van der Waals surface area contributed by atoms with E-state index in [1.54, 1.807) is 30.3 Å². The van der Waals surface area contributed by atoms with Crippen LogP contribution in [0.1, 0.15) is 32.8 Å². The average molecular weight is 585 g/mol. The number of aliphatic imine (C=N–C) groups is 1. The van der Waals surface area contributed by atoms with Gasteiger partial charge in [-0.15, -0.1) is 0 Å². The standard InChI is InChI=1S/C26H25F3N6O3.C4H10/c1-34(25(38)18(12-30)14-32-22-10-6-5-9-21(22)26(27,28)29)16-23(36)35-15-17(11-20(35)13-31)24(37)33-19-7-3-2-4-8-19;1-4(2)3/h2-10,12,14,17,20H,11,15-16,30H2,1H3,(H,33,37);4H,1-3H3/b18-12+,32-14?;. The van der Waals surface area contributed by atoms with Gasteiger partial charge in [0, 0.05) is 31.7 Å². The number of hydrogen-bond donors (Lipinski definition) is 2. The number of anilines is 1. The third kappa shape index (κ3) is 9.76. The molecular formula is C30H35F3N6O3. The number of amides is 3. The van der Waals surface area contributed by atoms with E-state index in [9.17, 15) is 32.8 Å². The van der Waals surface area contributed by atoms with Gasteiger partial charge in [0.05, 0.1) is 35.4 Å². The second kappa shape index (κ2) is 15.4. The molecule has 0 aliphatic carbocycles. The zero-order valence-electron chi connectivity index (χ0n) is 23.9. The van der Waals surface area contributed by atoms with Gasteiger partial charge in [0.2, 0.25) is 11.8 Å². The third-order valence-corrected chi connectivity index (χ3v) is 5.88. The molecule has 2 unspecified atom stereocenters. The molecule has 3 rings (SSSR count). The first-order valence-corrected chi connectivity index (χ1v) is 13.2. The molecule has 2 aromatic rings. The van der Waals surface area contributed by atoms with Gasteiger partial charge >= 0.3 is 6.18 Å². The minimum atomic E-state index is -4.64. The van der Waals surface area contributed by atoms with E-state index in [-0.39, 0.29) is 24.4 Å². The minimum absolute atomic E-state index is 0.00692. The first kappa shape index (κ1) is 33.5. The summed E-state index contributed by atoms with van der Waals surface area (Å²) in [4.78, 5) is 44.4. The van der Waals surface area contributed by atoms with Crippen LogP contribution in [0.5, 0.6) is 0 Å². The van der Waals surface area contributed by atoms with Crippen molar-refractivity contribution in [2.75, 3.05) is 25.5 Å². The molecule has 2 atom stereocenters. The smallest absolute Gasteiger partial charge is 0.404 e. The Morgan fingerprint density at radius 3 is 2.31 bits per heavy atom. The van der Waals surface area contributed by atoms with Crippen molar-refractivity contribution >= 4 is 35.3 Å². The summed E-state index contributed by atoms with van der Waals surface area (Å²) >= 11 is 0. The van der Waals surface area contributed by atoms with E-state index in [4.69, 9.17) is 5.73 Å². The highest BCUT2D eigenvalue weighted by molar-refractivity contribution is 6.13. The number of nitrogens with two attached hydrogens (primary N) is 1. The molecule has 3 amide bonds. The summed E-state index contributed by atoms with van der Waals surface area (Å²) in [6.45, 7) is 6.04. The Hall–Kier alpha value is -4.66. The normalized spacial score (nSPS) is 16.9. The second-order valence-corrected chi connectivity index (χ2v) is 10.3. The molecule has 1 aliphatic rings. The van der Waals surface area contributed by atoms with Gasteiger partial charge < -0.3 is 20.9 Å². The minimum Gasteiger partial charge on any atom is -0.404 e. The number of nitriles is 1. The average Bonchev–Trinajstić information content (AvgIpc) is 3.38. The molecular weight excluding hydrogens is 549 g/mol. The number of alkyl halides is 3. The largest absolute Gasteiger partial charge is 0.418 e. The van der Waals surface area contributed by atoms with Crippen LogP contribution >= 0.6 is 0 Å². The highest BCUT2D eigenvalue weighted by Gasteiger charge is 2.39. The first-order chi connectivity index (χ1) is 19.8. The molecule has 1 fully saturated rings. The number of rotatable bonds is 7. The Labute approximate surface area is 243 Å². The van der Waals surface area contributed by atoms with E-state index in [1.807, 2.05) is 6.07 Å². The van der Waals surface area contributed by atoms with Crippen molar-refractivity contribution in [2.45, 2.75) is 39.4 Å². The van der Waals surface area contributed by atoms with E-state index >= 15 is 0 Å². The Morgan fingerprint density at radius 2 is 1.74 bits per heavy atom. The predicted molar refractivity (Wildman–Crippen MR) is 154 cm³/mol. The monoisotopic (exact) mass is 584 g/mol. The zero-order valence-corrected chi connectivity index (χ0v) is 23.9. The van der Waals surface area contributed by atoms with Gasteiger partial charge in [0.15, 0.2) is 0 Å². The molecule has 0 bridgehead atoms. The van der Waals surface area contributed by atoms with Crippen LogP contribution in [-0.2, 0) is 20.6 Å². The quantitative estimate of drug-likeness (QED) is 0.358. The molecule has 1 saturated heterocycles. The fourth-order valence-electron chi connectivity index (χ4n) is 3.91. The lowest BCUT2D eigenvalue weighted by Gasteiger charge is -2.24. The summed E-state index contributed by atoms with van der Waals surface area (Å²) in [5.74, 6) is -1.46. The van der Waals surface area contributed by atoms with Gasteiger partial charge in [0.25, 0.3) is 5.91 Å². The van der Waals surface area contributed by atoms with Crippen LogP contribution in [0.4, 0.5) is 24.5 Å². The lowest BCUT2D eigenvalue weighted by atomic mass is 10.1. The summed E-state index contributed by atoms with van der Waals surface area (Å²) in [5.41, 5.74) is 4.47. The van der Waals surface area contributed by atoms with Crippen LogP contribution in [0.15, 0.2) is 71.4 Å². The summed E-state index contributed by atoms with van der Waals surface area (Å²) in [7, 11) is 1.30. The van der Waals surface area contributed by atoms with Gasteiger partial charge in [-0.05, 0) is 36.6 Å². The maximum atomic E-state index is 13.2. The van der Waals surface area contributed by atoms with Crippen LogP contribution in [-0.4, -0.2) is 59.9 Å². The first-order valence-electron chi connectivity index (χ1n) is 13.2. The topological polar surface area (TPSA) is 132 Å². The predicted octanol–water partition coefficient (Wildman–Crippen LogP) is 4.75. The van der Waals surface area contributed by atoms with E-state index in [0.29, 0.717) is 5.69 Å². The highest BCUT2D eigenvalue weighted by atomic mass is 19.4. The number of benzene rings is 2. The number of nitrogens with one attached hydrogen (secondary N) is 1. The van der Waals surface area contributed by atoms with Gasteiger partial charge in [0.1, 0.15) is 6.04 Å². The molecule has 1 heterocycles. The molecule has 224 valence electrons. The maximum absolute atomic E-state index is 13.2. The van der Waals surface area contributed by atoms with Crippen LogP contribution in [0, 0.1) is 23.2 Å². The molecule has 0 spiro atoms. The van der Waals surface area contributed by atoms with Crippen molar-refractivity contribution in [2.24, 2.45) is 22.6 Å². The molecule has 12 heteroatoms. The van der Waals surface area contributed by atoms with Crippen LogP contribution < -0.4 is 11.1 Å². The fourth-order valence-corrected chi connectivity index (χ4v) is 3.91. The summed E-state index contributed by atoms with van der Waals surface area (Å²) in [6.07, 6.45) is -2.74. The number of likely N-dealkylation sites (tertiary alicyclic amines) is 1.